The Morgan fingerprint density at radius 3 is 1.65 bits per heavy atom. The van der Waals surface area contributed by atoms with E-state index >= 15 is 0 Å². The minimum atomic E-state index is -0.114. The van der Waals surface area contributed by atoms with E-state index in [1.165, 1.54) is 88.7 Å². The molecule has 2 aliphatic rings. The molecule has 1 heteroatoms. The van der Waals surface area contributed by atoms with Crippen molar-refractivity contribution in [1.29, 1.82) is 0 Å². The van der Waals surface area contributed by atoms with Gasteiger partial charge in [0.25, 0.3) is 0 Å². The number of hydrogen-bond donors (Lipinski definition) is 0. The van der Waals surface area contributed by atoms with Crippen LogP contribution in [0.4, 0.5) is 17.1 Å². The molecule has 46 heavy (non-hydrogen) atoms. The normalized spacial score (nSPS) is 15.4. The maximum Gasteiger partial charge on any atom is 0.0619 e. The van der Waals surface area contributed by atoms with Crippen LogP contribution in [0.2, 0.25) is 0 Å². The van der Waals surface area contributed by atoms with Crippen LogP contribution in [-0.2, 0) is 10.8 Å². The van der Waals surface area contributed by atoms with Crippen LogP contribution in [-0.4, -0.2) is 0 Å². The molecule has 0 saturated carbocycles. The van der Waals surface area contributed by atoms with Gasteiger partial charge in [0.15, 0.2) is 0 Å². The maximum absolute atomic E-state index is 2.55. The molecular formula is C45H37N. The molecule has 1 aliphatic heterocycles. The van der Waals surface area contributed by atoms with Crippen molar-refractivity contribution in [1.82, 2.24) is 0 Å². The second-order valence-corrected chi connectivity index (χ2v) is 14.2. The molecule has 0 fully saturated rings. The van der Waals surface area contributed by atoms with Gasteiger partial charge in [0.05, 0.1) is 17.1 Å². The Hall–Kier alpha value is -5.14. The summed E-state index contributed by atoms with van der Waals surface area (Å²) in [4.78, 5) is 2.55. The largest absolute Gasteiger partial charge is 0.309 e. The maximum atomic E-state index is 2.55. The number of fused-ring (bicyclic) bond motifs is 7. The van der Waals surface area contributed by atoms with Gasteiger partial charge in [-0.2, -0.15) is 0 Å². The van der Waals surface area contributed by atoms with Crippen LogP contribution in [0, 0.1) is 6.92 Å². The van der Waals surface area contributed by atoms with Crippen molar-refractivity contribution in [2.24, 2.45) is 0 Å². The number of anilines is 3. The number of nitrogens with zero attached hydrogens (tertiary/aromatic N) is 1. The number of para-hydroxylation sites is 2. The van der Waals surface area contributed by atoms with Crippen molar-refractivity contribution in [3.05, 3.63) is 161 Å². The van der Waals surface area contributed by atoms with Gasteiger partial charge in [0.1, 0.15) is 0 Å². The van der Waals surface area contributed by atoms with Crippen LogP contribution in [0.15, 0.2) is 133 Å². The zero-order valence-electron chi connectivity index (χ0n) is 27.1. The molecule has 9 rings (SSSR count). The van der Waals surface area contributed by atoms with E-state index in [0.717, 1.165) is 0 Å². The topological polar surface area (TPSA) is 3.24 Å². The van der Waals surface area contributed by atoms with Crippen molar-refractivity contribution in [3.63, 3.8) is 0 Å². The molecule has 0 radical (unpaired) electrons. The Morgan fingerprint density at radius 1 is 0.413 bits per heavy atom. The summed E-state index contributed by atoms with van der Waals surface area (Å²) in [7, 11) is 0. The number of hydrogen-bond acceptors (Lipinski definition) is 1. The molecule has 0 spiro atoms. The van der Waals surface area contributed by atoms with Crippen molar-refractivity contribution < 1.29 is 0 Å². The second-order valence-electron chi connectivity index (χ2n) is 14.2. The number of rotatable bonds is 2. The zero-order chi connectivity index (χ0) is 31.4. The lowest BCUT2D eigenvalue weighted by atomic mass is 9.73. The van der Waals surface area contributed by atoms with Gasteiger partial charge in [-0.1, -0.05) is 155 Å². The summed E-state index contributed by atoms with van der Waals surface area (Å²) < 4.78 is 0. The lowest BCUT2D eigenvalue weighted by Crippen LogP contribution is -2.30. The Kier molecular flexibility index (Phi) is 5.58. The molecule has 7 aromatic carbocycles. The molecule has 0 aromatic heterocycles. The molecule has 1 heterocycles. The minimum absolute atomic E-state index is 0.0581. The molecular weight excluding hydrogens is 555 g/mol. The smallest absolute Gasteiger partial charge is 0.0619 e. The van der Waals surface area contributed by atoms with Crippen LogP contribution in [0.1, 0.15) is 55.5 Å². The second kappa shape index (κ2) is 9.44. The average molecular weight is 592 g/mol. The van der Waals surface area contributed by atoms with Crippen LogP contribution >= 0.6 is 0 Å². The highest BCUT2D eigenvalue weighted by Crippen LogP contribution is 2.57. The van der Waals surface area contributed by atoms with Gasteiger partial charge in [-0.3, -0.25) is 0 Å². The van der Waals surface area contributed by atoms with Crippen molar-refractivity contribution in [3.8, 4) is 22.3 Å². The van der Waals surface area contributed by atoms with E-state index in [9.17, 15) is 0 Å². The van der Waals surface area contributed by atoms with Gasteiger partial charge in [-0.05, 0) is 74.3 Å². The summed E-state index contributed by atoms with van der Waals surface area (Å²) in [5.41, 5.74) is 15.7. The van der Waals surface area contributed by atoms with Crippen LogP contribution in [0.25, 0.3) is 43.8 Å². The van der Waals surface area contributed by atoms with Crippen molar-refractivity contribution in [2.45, 2.75) is 45.4 Å². The molecule has 1 nitrogen and oxygen atoms in total. The quantitative estimate of drug-likeness (QED) is 0.181. The molecule has 222 valence electrons. The third-order valence-corrected chi connectivity index (χ3v) is 10.9. The lowest BCUT2D eigenvalue weighted by Gasteiger charge is -2.42. The van der Waals surface area contributed by atoms with Crippen LogP contribution in [0.3, 0.4) is 0 Å². The van der Waals surface area contributed by atoms with E-state index in [1.807, 2.05) is 0 Å². The van der Waals surface area contributed by atoms with Gasteiger partial charge in [-0.15, -0.1) is 0 Å². The fourth-order valence-electron chi connectivity index (χ4n) is 8.67. The molecule has 0 bridgehead atoms. The third kappa shape index (κ3) is 3.52. The molecule has 0 amide bonds. The highest BCUT2D eigenvalue weighted by Gasteiger charge is 2.39. The summed E-state index contributed by atoms with van der Waals surface area (Å²) in [5.74, 6) is 0. The van der Waals surface area contributed by atoms with Crippen molar-refractivity contribution >= 4 is 38.6 Å². The summed E-state index contributed by atoms with van der Waals surface area (Å²) in [6, 6.07) is 50.1. The molecule has 7 aromatic rings. The number of benzene rings is 7. The summed E-state index contributed by atoms with van der Waals surface area (Å²) in [6.45, 7) is 11.7. The Morgan fingerprint density at radius 2 is 0.935 bits per heavy atom. The fraction of sp³-hybridized carbons (Fsp3) is 0.156. The van der Waals surface area contributed by atoms with E-state index < -0.39 is 0 Å². The molecule has 0 unspecified atom stereocenters. The fourth-order valence-corrected chi connectivity index (χ4v) is 8.67. The van der Waals surface area contributed by atoms with Crippen LogP contribution in [0.5, 0.6) is 0 Å². The van der Waals surface area contributed by atoms with Gasteiger partial charge < -0.3 is 4.90 Å². The van der Waals surface area contributed by atoms with Gasteiger partial charge in [-0.25, -0.2) is 0 Å². The first-order chi connectivity index (χ1) is 22.3. The predicted molar refractivity (Wildman–Crippen MR) is 196 cm³/mol. The highest BCUT2D eigenvalue weighted by molar-refractivity contribution is 6.24. The van der Waals surface area contributed by atoms with E-state index in [4.69, 9.17) is 0 Å². The van der Waals surface area contributed by atoms with E-state index in [-0.39, 0.29) is 10.8 Å². The third-order valence-electron chi connectivity index (χ3n) is 10.9. The molecule has 0 atom stereocenters. The van der Waals surface area contributed by atoms with Gasteiger partial charge in [0, 0.05) is 21.6 Å². The summed E-state index contributed by atoms with van der Waals surface area (Å²) >= 11 is 0. The Labute approximate surface area is 271 Å². The van der Waals surface area contributed by atoms with E-state index in [1.54, 1.807) is 0 Å². The Balaban J connectivity index is 1.45. The monoisotopic (exact) mass is 591 g/mol. The summed E-state index contributed by atoms with van der Waals surface area (Å²) in [5, 5.41) is 5.11. The first-order valence-corrected chi connectivity index (χ1v) is 16.5. The Bertz CT molecular complexity index is 2340. The molecule has 1 aliphatic carbocycles. The highest BCUT2D eigenvalue weighted by atomic mass is 15.2. The van der Waals surface area contributed by atoms with Gasteiger partial charge in [0.2, 0.25) is 0 Å². The van der Waals surface area contributed by atoms with Gasteiger partial charge >= 0.3 is 0 Å². The zero-order valence-corrected chi connectivity index (χ0v) is 27.1. The lowest BCUT2D eigenvalue weighted by molar-refractivity contribution is 0.632. The molecule has 0 saturated heterocycles. The van der Waals surface area contributed by atoms with Crippen LogP contribution < -0.4 is 4.90 Å². The average Bonchev–Trinajstić information content (AvgIpc) is 3.31. The first-order valence-electron chi connectivity index (χ1n) is 16.5. The number of aryl methyl sites for hydroxylation is 1. The SMILES string of the molecule is Cc1ccc2c(N3c4ccccc4C(C)(C)c4ccccc43)c3ccccc3c(-c3cccc4c3-c3ccccc3C4(C)C)c2c1. The van der Waals surface area contributed by atoms with Crippen molar-refractivity contribution in [2.75, 3.05) is 4.90 Å². The summed E-state index contributed by atoms with van der Waals surface area (Å²) in [6.07, 6.45) is 0. The van der Waals surface area contributed by atoms with E-state index in [2.05, 4.69) is 173 Å². The standard InChI is InChI=1S/C45H37N/c1-28-25-26-31-34(27-28)41(33-18-14-22-38-42(33)32-17-8-9-19-35(32)44(38,2)3)29-15-6-7-16-30(29)43(31)46-39-23-12-10-20-36(39)45(4,5)37-21-11-13-24-40(37)46/h6-27H,1-5H3. The molecule has 0 N–H and O–H groups in total. The first kappa shape index (κ1) is 27.2. The predicted octanol–water partition coefficient (Wildman–Crippen LogP) is 12.4. The van der Waals surface area contributed by atoms with E-state index in [0.29, 0.717) is 0 Å². The minimum Gasteiger partial charge on any atom is -0.309 e.